The quantitative estimate of drug-likeness (QED) is 0.479. The summed E-state index contributed by atoms with van der Waals surface area (Å²) in [5.74, 6) is 0. The summed E-state index contributed by atoms with van der Waals surface area (Å²) in [7, 11) is 1.65. The first-order chi connectivity index (χ1) is 10.1. The van der Waals surface area contributed by atoms with Gasteiger partial charge in [-0.3, -0.25) is 10.1 Å². The fraction of sp³-hybridized carbons (Fsp3) is 0.385. The van der Waals surface area contributed by atoms with E-state index in [0.717, 1.165) is 22.7 Å². The van der Waals surface area contributed by atoms with E-state index >= 15 is 0 Å². The number of aryl methyl sites for hydroxylation is 1. The Labute approximate surface area is 126 Å². The Morgan fingerprint density at radius 3 is 2.90 bits per heavy atom. The lowest BCUT2D eigenvalue weighted by molar-refractivity contribution is -0.384. The van der Waals surface area contributed by atoms with Crippen molar-refractivity contribution in [2.45, 2.75) is 13.5 Å². The number of benzene rings is 1. The van der Waals surface area contributed by atoms with Crippen LogP contribution >= 0.6 is 11.3 Å². The Morgan fingerprint density at radius 2 is 2.19 bits per heavy atom. The molecule has 0 spiro atoms. The number of hydrogen-bond donors (Lipinski definition) is 1. The predicted molar refractivity (Wildman–Crippen MR) is 80.3 cm³/mol. The highest BCUT2D eigenvalue weighted by Gasteiger charge is 2.12. The molecule has 1 N–H and O–H groups in total. The number of nitrogens with one attached hydrogen (secondary N) is 1. The summed E-state index contributed by atoms with van der Waals surface area (Å²) in [5.41, 5.74) is 1.62. The van der Waals surface area contributed by atoms with Crippen LogP contribution in [-0.4, -0.2) is 35.4 Å². The van der Waals surface area contributed by atoms with Gasteiger partial charge in [0.05, 0.1) is 11.5 Å². The Kier molecular flexibility index (Phi) is 5.32. The van der Waals surface area contributed by atoms with Gasteiger partial charge in [-0.05, 0) is 18.6 Å². The minimum Gasteiger partial charge on any atom is -0.383 e. The number of rotatable bonds is 7. The fourth-order valence-electron chi connectivity index (χ4n) is 1.80. The standard InChI is InChI=1S/C13H16N4O3S/c1-9-5-10(7-11(6-9)17(18)19)13-16-15-12(21-13)8-14-3-4-20-2/h5-7,14H,3-4,8H2,1-2H3. The molecule has 0 amide bonds. The molecule has 8 heteroatoms. The molecule has 112 valence electrons. The number of nitro groups is 1. The van der Waals surface area contributed by atoms with Crippen LogP contribution in [0.2, 0.25) is 0 Å². The molecule has 2 rings (SSSR count). The predicted octanol–water partition coefficient (Wildman–Crippen LogP) is 2.16. The lowest BCUT2D eigenvalue weighted by atomic mass is 10.1. The molecule has 2 aromatic rings. The highest BCUT2D eigenvalue weighted by atomic mass is 32.1. The number of nitro benzene ring substituents is 1. The Balaban J connectivity index is 2.12. The molecular formula is C13H16N4O3S. The summed E-state index contributed by atoms with van der Waals surface area (Å²) >= 11 is 1.42. The van der Waals surface area contributed by atoms with E-state index in [4.69, 9.17) is 4.74 Å². The molecule has 0 unspecified atom stereocenters. The summed E-state index contributed by atoms with van der Waals surface area (Å²) in [5, 5.41) is 23.8. The number of nitrogens with zero attached hydrogens (tertiary/aromatic N) is 3. The monoisotopic (exact) mass is 308 g/mol. The van der Waals surface area contributed by atoms with Gasteiger partial charge in [0, 0.05) is 37.9 Å². The smallest absolute Gasteiger partial charge is 0.270 e. The summed E-state index contributed by atoms with van der Waals surface area (Å²) in [6.07, 6.45) is 0. The van der Waals surface area contributed by atoms with Crippen LogP contribution in [0.3, 0.4) is 0 Å². The first kappa shape index (κ1) is 15.5. The third-order valence-corrected chi connectivity index (χ3v) is 3.72. The maximum absolute atomic E-state index is 10.9. The maximum atomic E-state index is 10.9. The first-order valence-electron chi connectivity index (χ1n) is 6.38. The SMILES string of the molecule is COCCNCc1nnc(-c2cc(C)cc([N+](=O)[O-])c2)s1. The lowest BCUT2D eigenvalue weighted by Gasteiger charge is -2.00. The second-order valence-corrected chi connectivity index (χ2v) is 5.55. The molecule has 0 bridgehead atoms. The fourth-order valence-corrected chi connectivity index (χ4v) is 2.60. The molecule has 0 radical (unpaired) electrons. The molecular weight excluding hydrogens is 292 g/mol. The van der Waals surface area contributed by atoms with Gasteiger partial charge >= 0.3 is 0 Å². The minimum absolute atomic E-state index is 0.0694. The molecule has 0 aliphatic rings. The zero-order chi connectivity index (χ0) is 15.2. The van der Waals surface area contributed by atoms with E-state index in [2.05, 4.69) is 15.5 Å². The van der Waals surface area contributed by atoms with Crippen molar-refractivity contribution >= 4 is 17.0 Å². The largest absolute Gasteiger partial charge is 0.383 e. The van der Waals surface area contributed by atoms with E-state index in [9.17, 15) is 10.1 Å². The van der Waals surface area contributed by atoms with Crippen LogP contribution < -0.4 is 5.32 Å². The second kappa shape index (κ2) is 7.21. The van der Waals surface area contributed by atoms with Crippen LogP contribution in [0.25, 0.3) is 10.6 Å². The number of hydrogen-bond acceptors (Lipinski definition) is 7. The highest BCUT2D eigenvalue weighted by molar-refractivity contribution is 7.14. The van der Waals surface area contributed by atoms with E-state index in [0.29, 0.717) is 18.2 Å². The van der Waals surface area contributed by atoms with Crippen molar-refractivity contribution in [2.75, 3.05) is 20.3 Å². The Morgan fingerprint density at radius 1 is 1.38 bits per heavy atom. The van der Waals surface area contributed by atoms with Crippen LogP contribution in [0.4, 0.5) is 5.69 Å². The Bertz CT molecular complexity index is 630. The average molecular weight is 308 g/mol. The molecule has 0 fully saturated rings. The highest BCUT2D eigenvalue weighted by Crippen LogP contribution is 2.28. The summed E-state index contributed by atoms with van der Waals surface area (Å²) in [6.45, 7) is 3.80. The normalized spacial score (nSPS) is 10.8. The molecule has 0 aliphatic heterocycles. The van der Waals surface area contributed by atoms with Gasteiger partial charge in [-0.25, -0.2) is 0 Å². The van der Waals surface area contributed by atoms with Crippen LogP contribution in [0.15, 0.2) is 18.2 Å². The maximum Gasteiger partial charge on any atom is 0.270 e. The van der Waals surface area contributed by atoms with Gasteiger partial charge in [-0.15, -0.1) is 10.2 Å². The molecule has 0 saturated heterocycles. The van der Waals surface area contributed by atoms with Crippen LogP contribution in [-0.2, 0) is 11.3 Å². The molecule has 1 aromatic carbocycles. The molecule has 7 nitrogen and oxygen atoms in total. The Hall–Kier alpha value is -1.90. The van der Waals surface area contributed by atoms with Crippen LogP contribution in [0, 0.1) is 17.0 Å². The summed E-state index contributed by atoms with van der Waals surface area (Å²) < 4.78 is 4.94. The van der Waals surface area contributed by atoms with E-state index in [1.165, 1.54) is 23.5 Å². The van der Waals surface area contributed by atoms with E-state index < -0.39 is 4.92 Å². The molecule has 0 saturated carbocycles. The number of ether oxygens (including phenoxy) is 1. The topological polar surface area (TPSA) is 90.2 Å². The summed E-state index contributed by atoms with van der Waals surface area (Å²) in [6, 6.07) is 4.93. The molecule has 1 aromatic heterocycles. The second-order valence-electron chi connectivity index (χ2n) is 4.48. The van der Waals surface area contributed by atoms with Gasteiger partial charge in [-0.1, -0.05) is 11.3 Å². The van der Waals surface area contributed by atoms with E-state index in [-0.39, 0.29) is 5.69 Å². The average Bonchev–Trinajstić information content (AvgIpc) is 2.92. The minimum atomic E-state index is -0.398. The number of methoxy groups -OCH3 is 1. The third kappa shape index (κ3) is 4.28. The van der Waals surface area contributed by atoms with Crippen molar-refractivity contribution in [3.8, 4) is 10.6 Å². The van der Waals surface area contributed by atoms with Gasteiger partial charge in [0.15, 0.2) is 0 Å². The summed E-state index contributed by atoms with van der Waals surface area (Å²) in [4.78, 5) is 10.5. The van der Waals surface area contributed by atoms with E-state index in [1.54, 1.807) is 7.11 Å². The van der Waals surface area contributed by atoms with Crippen molar-refractivity contribution in [3.05, 3.63) is 38.9 Å². The number of aromatic nitrogens is 2. The first-order valence-corrected chi connectivity index (χ1v) is 7.20. The number of non-ortho nitro benzene ring substituents is 1. The van der Waals surface area contributed by atoms with Gasteiger partial charge in [0.25, 0.3) is 5.69 Å². The van der Waals surface area contributed by atoms with Gasteiger partial charge in [-0.2, -0.15) is 0 Å². The van der Waals surface area contributed by atoms with Crippen molar-refractivity contribution < 1.29 is 9.66 Å². The van der Waals surface area contributed by atoms with E-state index in [1.807, 2.05) is 13.0 Å². The third-order valence-electron chi connectivity index (χ3n) is 2.75. The van der Waals surface area contributed by atoms with Gasteiger partial charge in [0.1, 0.15) is 10.0 Å². The zero-order valence-electron chi connectivity index (χ0n) is 11.8. The van der Waals surface area contributed by atoms with Gasteiger partial charge < -0.3 is 10.1 Å². The molecule has 1 heterocycles. The van der Waals surface area contributed by atoms with Crippen molar-refractivity contribution in [3.63, 3.8) is 0 Å². The van der Waals surface area contributed by atoms with Crippen molar-refractivity contribution in [2.24, 2.45) is 0 Å². The van der Waals surface area contributed by atoms with Crippen molar-refractivity contribution in [1.29, 1.82) is 0 Å². The molecule has 21 heavy (non-hydrogen) atoms. The van der Waals surface area contributed by atoms with Gasteiger partial charge in [0.2, 0.25) is 0 Å². The molecule has 0 atom stereocenters. The molecule has 0 aliphatic carbocycles. The lowest BCUT2D eigenvalue weighted by Crippen LogP contribution is -2.18. The van der Waals surface area contributed by atoms with Crippen LogP contribution in [0.1, 0.15) is 10.6 Å². The zero-order valence-corrected chi connectivity index (χ0v) is 12.6. The van der Waals surface area contributed by atoms with Crippen molar-refractivity contribution in [1.82, 2.24) is 15.5 Å². The van der Waals surface area contributed by atoms with Crippen LogP contribution in [0.5, 0.6) is 0 Å².